The van der Waals surface area contributed by atoms with Gasteiger partial charge >= 0.3 is 0 Å². The minimum absolute atomic E-state index is 0.108. The zero-order valence-electron chi connectivity index (χ0n) is 12.7. The largest absolute Gasteiger partial charge is 0.351 e. The Hall–Kier alpha value is -1.85. The van der Waals surface area contributed by atoms with Crippen LogP contribution in [0.1, 0.15) is 29.3 Å². The highest BCUT2D eigenvalue weighted by molar-refractivity contribution is 6.31. The number of nitrogens with zero attached hydrogens (tertiary/aromatic N) is 2. The summed E-state index contributed by atoms with van der Waals surface area (Å²) in [5, 5.41) is 11.0. The first-order chi connectivity index (χ1) is 10.7. The first kappa shape index (κ1) is 16.5. The highest BCUT2D eigenvalue weighted by Gasteiger charge is 2.08. The van der Waals surface area contributed by atoms with E-state index in [9.17, 15) is 4.79 Å². The molecule has 2 N–H and O–H groups in total. The molecule has 2 rings (SSSR count). The number of aromatic nitrogens is 2. The lowest BCUT2D eigenvalue weighted by Crippen LogP contribution is -2.31. The zero-order valence-corrected chi connectivity index (χ0v) is 13.4. The summed E-state index contributed by atoms with van der Waals surface area (Å²) in [7, 11) is 0. The summed E-state index contributed by atoms with van der Waals surface area (Å²) in [4.78, 5) is 12.0. The number of rotatable bonds is 8. The molecule has 1 amide bonds. The van der Waals surface area contributed by atoms with Gasteiger partial charge in [0.15, 0.2) is 0 Å². The molecule has 0 aliphatic heterocycles. The SMILES string of the molecule is CCCNCCNC(=O)c1cnn(Cc2ccccc2Cl)c1. The van der Waals surface area contributed by atoms with Crippen LogP contribution >= 0.6 is 11.6 Å². The Bertz CT molecular complexity index is 612. The van der Waals surface area contributed by atoms with Crippen LogP contribution in [-0.2, 0) is 6.54 Å². The highest BCUT2D eigenvalue weighted by atomic mass is 35.5. The summed E-state index contributed by atoms with van der Waals surface area (Å²) in [6.45, 7) is 5.00. The number of carbonyl (C=O) groups excluding carboxylic acids is 1. The van der Waals surface area contributed by atoms with Crippen molar-refractivity contribution in [2.24, 2.45) is 0 Å². The van der Waals surface area contributed by atoms with Gasteiger partial charge in [0, 0.05) is 24.3 Å². The molecular weight excluding hydrogens is 300 g/mol. The van der Waals surface area contributed by atoms with Crippen LogP contribution in [0.2, 0.25) is 5.02 Å². The zero-order chi connectivity index (χ0) is 15.8. The van der Waals surface area contributed by atoms with E-state index in [4.69, 9.17) is 11.6 Å². The molecule has 6 heteroatoms. The van der Waals surface area contributed by atoms with Crippen molar-refractivity contribution in [3.8, 4) is 0 Å². The van der Waals surface area contributed by atoms with Gasteiger partial charge in [0.1, 0.15) is 0 Å². The van der Waals surface area contributed by atoms with Gasteiger partial charge in [-0.2, -0.15) is 5.10 Å². The maximum absolute atomic E-state index is 12.0. The number of carbonyl (C=O) groups is 1. The maximum Gasteiger partial charge on any atom is 0.254 e. The fourth-order valence-corrected chi connectivity index (χ4v) is 2.23. The van der Waals surface area contributed by atoms with Crippen molar-refractivity contribution in [2.45, 2.75) is 19.9 Å². The Morgan fingerprint density at radius 2 is 2.09 bits per heavy atom. The summed E-state index contributed by atoms with van der Waals surface area (Å²) in [6, 6.07) is 7.61. The maximum atomic E-state index is 12.0. The first-order valence-electron chi connectivity index (χ1n) is 7.45. The van der Waals surface area contributed by atoms with E-state index in [2.05, 4.69) is 22.7 Å². The third-order valence-electron chi connectivity index (χ3n) is 3.20. The van der Waals surface area contributed by atoms with Gasteiger partial charge in [-0.3, -0.25) is 9.48 Å². The Balaban J connectivity index is 1.85. The minimum atomic E-state index is -0.108. The second-order valence-electron chi connectivity index (χ2n) is 5.02. The standard InChI is InChI=1S/C16H21ClN4O/c1-2-7-18-8-9-19-16(22)14-10-20-21(12-14)11-13-5-3-4-6-15(13)17/h3-6,10,12,18H,2,7-9,11H2,1H3,(H,19,22). The van der Waals surface area contributed by atoms with Crippen molar-refractivity contribution in [3.63, 3.8) is 0 Å². The average molecular weight is 321 g/mol. The summed E-state index contributed by atoms with van der Waals surface area (Å²) < 4.78 is 1.71. The van der Waals surface area contributed by atoms with Crippen LogP contribution in [0.3, 0.4) is 0 Å². The highest BCUT2D eigenvalue weighted by Crippen LogP contribution is 2.16. The Morgan fingerprint density at radius 3 is 2.86 bits per heavy atom. The van der Waals surface area contributed by atoms with Crippen LogP contribution < -0.4 is 10.6 Å². The van der Waals surface area contributed by atoms with Gasteiger partial charge in [-0.15, -0.1) is 0 Å². The smallest absolute Gasteiger partial charge is 0.254 e. The number of hydrogen-bond acceptors (Lipinski definition) is 3. The van der Waals surface area contributed by atoms with Gasteiger partial charge in [0.2, 0.25) is 0 Å². The molecule has 0 saturated carbocycles. The number of benzene rings is 1. The van der Waals surface area contributed by atoms with Crippen LogP contribution in [0.15, 0.2) is 36.7 Å². The van der Waals surface area contributed by atoms with Gasteiger partial charge in [0.25, 0.3) is 5.91 Å². The molecule has 0 aliphatic carbocycles. The van der Waals surface area contributed by atoms with Gasteiger partial charge in [-0.1, -0.05) is 36.7 Å². The van der Waals surface area contributed by atoms with Crippen molar-refractivity contribution in [3.05, 3.63) is 52.8 Å². The molecule has 118 valence electrons. The monoisotopic (exact) mass is 320 g/mol. The van der Waals surface area contributed by atoms with Gasteiger partial charge in [-0.25, -0.2) is 0 Å². The van der Waals surface area contributed by atoms with Crippen molar-refractivity contribution in [2.75, 3.05) is 19.6 Å². The van der Waals surface area contributed by atoms with Crippen LogP contribution in [-0.4, -0.2) is 35.3 Å². The topological polar surface area (TPSA) is 58.9 Å². The van der Waals surface area contributed by atoms with Gasteiger partial charge < -0.3 is 10.6 Å². The molecule has 1 heterocycles. The molecule has 0 spiro atoms. The lowest BCUT2D eigenvalue weighted by molar-refractivity contribution is 0.0954. The van der Waals surface area contributed by atoms with Crippen molar-refractivity contribution >= 4 is 17.5 Å². The van der Waals surface area contributed by atoms with E-state index in [1.165, 1.54) is 0 Å². The Labute approximate surface area is 135 Å². The molecule has 0 aliphatic rings. The Morgan fingerprint density at radius 1 is 1.27 bits per heavy atom. The quantitative estimate of drug-likeness (QED) is 0.734. The molecular formula is C16H21ClN4O. The molecule has 1 aromatic carbocycles. The summed E-state index contributed by atoms with van der Waals surface area (Å²) >= 11 is 6.13. The van der Waals surface area contributed by atoms with Gasteiger partial charge in [0.05, 0.1) is 18.3 Å². The van der Waals surface area contributed by atoms with Crippen molar-refractivity contribution in [1.29, 1.82) is 0 Å². The van der Waals surface area contributed by atoms with E-state index >= 15 is 0 Å². The third kappa shape index (κ3) is 4.86. The molecule has 2 aromatic rings. The average Bonchev–Trinajstić information content (AvgIpc) is 2.98. The van der Waals surface area contributed by atoms with Crippen molar-refractivity contribution in [1.82, 2.24) is 20.4 Å². The fourth-order valence-electron chi connectivity index (χ4n) is 2.04. The molecule has 0 atom stereocenters. The Kier molecular flexibility index (Phi) is 6.43. The molecule has 0 radical (unpaired) electrons. The van der Waals surface area contributed by atoms with E-state index in [1.807, 2.05) is 24.3 Å². The molecule has 0 unspecified atom stereocenters. The number of halogens is 1. The van der Waals surface area contributed by atoms with Crippen LogP contribution in [0.4, 0.5) is 0 Å². The lowest BCUT2D eigenvalue weighted by Gasteiger charge is -2.05. The van der Waals surface area contributed by atoms with E-state index in [0.717, 1.165) is 25.1 Å². The van der Waals surface area contributed by atoms with Crippen LogP contribution in [0.25, 0.3) is 0 Å². The predicted octanol–water partition coefficient (Wildman–Crippen LogP) is 2.31. The number of nitrogens with one attached hydrogen (secondary N) is 2. The van der Waals surface area contributed by atoms with Crippen LogP contribution in [0.5, 0.6) is 0 Å². The molecule has 0 saturated heterocycles. The molecule has 0 bridgehead atoms. The van der Waals surface area contributed by atoms with E-state index < -0.39 is 0 Å². The molecule has 1 aromatic heterocycles. The molecule has 22 heavy (non-hydrogen) atoms. The summed E-state index contributed by atoms with van der Waals surface area (Å²) in [5.41, 5.74) is 1.53. The first-order valence-corrected chi connectivity index (χ1v) is 7.83. The predicted molar refractivity (Wildman–Crippen MR) is 88.3 cm³/mol. The number of amides is 1. The molecule has 0 fully saturated rings. The fraction of sp³-hybridized carbons (Fsp3) is 0.375. The second kappa shape index (κ2) is 8.56. The third-order valence-corrected chi connectivity index (χ3v) is 3.57. The van der Waals surface area contributed by atoms with Crippen LogP contribution in [0, 0.1) is 0 Å². The normalized spacial score (nSPS) is 10.6. The van der Waals surface area contributed by atoms with Crippen molar-refractivity contribution < 1.29 is 4.79 Å². The van der Waals surface area contributed by atoms with E-state index in [1.54, 1.807) is 17.1 Å². The van der Waals surface area contributed by atoms with Gasteiger partial charge in [-0.05, 0) is 24.6 Å². The van der Waals surface area contributed by atoms with E-state index in [0.29, 0.717) is 23.7 Å². The minimum Gasteiger partial charge on any atom is -0.351 e. The summed E-state index contributed by atoms with van der Waals surface area (Å²) in [6.07, 6.45) is 4.40. The molecule has 5 nitrogen and oxygen atoms in total. The van der Waals surface area contributed by atoms with E-state index in [-0.39, 0.29) is 5.91 Å². The second-order valence-corrected chi connectivity index (χ2v) is 5.43. The lowest BCUT2D eigenvalue weighted by atomic mass is 10.2. The number of hydrogen-bond donors (Lipinski definition) is 2. The summed E-state index contributed by atoms with van der Waals surface area (Å²) in [5.74, 6) is -0.108.